The minimum atomic E-state index is -0.461. The molecule has 0 spiro atoms. The van der Waals surface area contributed by atoms with Crippen molar-refractivity contribution in [2.24, 2.45) is 0 Å². The fraction of sp³-hybridized carbons (Fsp3) is 0.381. The van der Waals surface area contributed by atoms with E-state index in [0.717, 1.165) is 29.2 Å². The summed E-state index contributed by atoms with van der Waals surface area (Å²) in [7, 11) is 0. The van der Waals surface area contributed by atoms with Crippen LogP contribution in [0.15, 0.2) is 42.5 Å². The van der Waals surface area contributed by atoms with E-state index < -0.39 is 6.10 Å². The van der Waals surface area contributed by atoms with Gasteiger partial charge < -0.3 is 10.1 Å². The second-order valence-corrected chi connectivity index (χ2v) is 6.74. The molecule has 0 aliphatic rings. The van der Waals surface area contributed by atoms with Gasteiger partial charge in [0.1, 0.15) is 5.75 Å². The van der Waals surface area contributed by atoms with Gasteiger partial charge in [-0.15, -0.1) is 0 Å². The van der Waals surface area contributed by atoms with Crippen molar-refractivity contribution in [1.82, 2.24) is 5.32 Å². The van der Waals surface area contributed by atoms with Crippen LogP contribution in [-0.4, -0.2) is 18.6 Å². The van der Waals surface area contributed by atoms with E-state index in [0.29, 0.717) is 13.0 Å². The lowest BCUT2D eigenvalue weighted by atomic mass is 10.1. The predicted molar refractivity (Wildman–Crippen MR) is 103 cm³/mol. The highest BCUT2D eigenvalue weighted by molar-refractivity contribution is 6.30. The maximum atomic E-state index is 12.4. The molecule has 1 amide bonds. The molecular formula is C21H26ClNO2. The van der Waals surface area contributed by atoms with E-state index in [2.05, 4.69) is 11.4 Å². The molecule has 0 radical (unpaired) electrons. The zero-order valence-electron chi connectivity index (χ0n) is 15.1. The van der Waals surface area contributed by atoms with Gasteiger partial charge in [0, 0.05) is 11.6 Å². The number of carbonyl (C=O) groups excluding carboxylic acids is 1. The number of aryl methyl sites for hydroxylation is 3. The molecule has 0 heterocycles. The normalized spacial score (nSPS) is 11.8. The maximum absolute atomic E-state index is 12.4. The van der Waals surface area contributed by atoms with Crippen LogP contribution in [0.1, 0.15) is 36.5 Å². The Kier molecular flexibility index (Phi) is 7.32. The molecule has 2 rings (SSSR count). The molecule has 0 unspecified atom stereocenters. The number of hydrogen-bond donors (Lipinski definition) is 1. The Morgan fingerprint density at radius 1 is 1.16 bits per heavy atom. The number of halogens is 1. The molecule has 2 aromatic rings. The molecule has 0 saturated heterocycles. The van der Waals surface area contributed by atoms with E-state index in [1.54, 1.807) is 0 Å². The van der Waals surface area contributed by atoms with E-state index >= 15 is 0 Å². The van der Waals surface area contributed by atoms with E-state index in [1.165, 1.54) is 11.1 Å². The topological polar surface area (TPSA) is 38.3 Å². The Balaban J connectivity index is 1.80. The van der Waals surface area contributed by atoms with Gasteiger partial charge in [0.25, 0.3) is 5.91 Å². The third-order valence-electron chi connectivity index (χ3n) is 4.12. The molecule has 0 fully saturated rings. The summed E-state index contributed by atoms with van der Waals surface area (Å²) in [4.78, 5) is 12.4. The Bertz CT molecular complexity index is 698. The Labute approximate surface area is 155 Å². The largest absolute Gasteiger partial charge is 0.480 e. The smallest absolute Gasteiger partial charge is 0.261 e. The van der Waals surface area contributed by atoms with Crippen LogP contribution >= 0.6 is 11.6 Å². The predicted octanol–water partition coefficient (Wildman–Crippen LogP) is 4.86. The highest BCUT2D eigenvalue weighted by atomic mass is 35.5. The number of rotatable bonds is 8. The number of carbonyl (C=O) groups is 1. The number of hydrogen-bond acceptors (Lipinski definition) is 2. The van der Waals surface area contributed by atoms with Crippen molar-refractivity contribution in [3.8, 4) is 5.75 Å². The van der Waals surface area contributed by atoms with Gasteiger partial charge in [-0.25, -0.2) is 0 Å². The summed E-state index contributed by atoms with van der Waals surface area (Å²) >= 11 is 5.88. The Hall–Kier alpha value is -2.00. The standard InChI is InChI=1S/C21H26ClNO2/c1-4-19(25-20-12-7-15(2)14-16(20)3)21(24)23-13-5-6-17-8-10-18(22)11-9-17/h7-12,14,19H,4-6,13H2,1-3H3,(H,23,24)/t19-/m1/s1. The van der Waals surface area contributed by atoms with E-state index in [1.807, 2.05) is 57.2 Å². The van der Waals surface area contributed by atoms with Gasteiger partial charge >= 0.3 is 0 Å². The molecule has 0 aliphatic carbocycles. The monoisotopic (exact) mass is 359 g/mol. The van der Waals surface area contributed by atoms with Crippen molar-refractivity contribution < 1.29 is 9.53 Å². The summed E-state index contributed by atoms with van der Waals surface area (Å²) in [5.41, 5.74) is 3.45. The first-order valence-electron chi connectivity index (χ1n) is 8.75. The molecule has 25 heavy (non-hydrogen) atoms. The number of nitrogens with one attached hydrogen (secondary N) is 1. The second-order valence-electron chi connectivity index (χ2n) is 6.30. The van der Waals surface area contributed by atoms with Gasteiger partial charge in [0.2, 0.25) is 0 Å². The van der Waals surface area contributed by atoms with E-state index in [4.69, 9.17) is 16.3 Å². The summed E-state index contributed by atoms with van der Waals surface area (Å²) in [6.07, 6.45) is 1.97. The van der Waals surface area contributed by atoms with Crippen LogP contribution in [0, 0.1) is 13.8 Å². The average Bonchev–Trinajstić information content (AvgIpc) is 2.59. The molecular weight excluding hydrogens is 334 g/mol. The van der Waals surface area contributed by atoms with Gasteiger partial charge in [-0.2, -0.15) is 0 Å². The maximum Gasteiger partial charge on any atom is 0.261 e. The van der Waals surface area contributed by atoms with Crippen LogP contribution in [0.3, 0.4) is 0 Å². The summed E-state index contributed by atoms with van der Waals surface area (Å²) < 4.78 is 5.91. The molecule has 134 valence electrons. The zero-order chi connectivity index (χ0) is 18.2. The van der Waals surface area contributed by atoms with Crippen LogP contribution < -0.4 is 10.1 Å². The molecule has 3 nitrogen and oxygen atoms in total. The molecule has 0 saturated carbocycles. The second kappa shape index (κ2) is 9.47. The first-order chi connectivity index (χ1) is 12.0. The van der Waals surface area contributed by atoms with E-state index in [-0.39, 0.29) is 5.91 Å². The third-order valence-corrected chi connectivity index (χ3v) is 4.37. The quantitative estimate of drug-likeness (QED) is 0.683. The minimum Gasteiger partial charge on any atom is -0.480 e. The van der Waals surface area contributed by atoms with Crippen LogP contribution in [0.2, 0.25) is 5.02 Å². The number of amides is 1. The van der Waals surface area contributed by atoms with Gasteiger partial charge in [-0.1, -0.05) is 48.4 Å². The highest BCUT2D eigenvalue weighted by Gasteiger charge is 2.18. The van der Waals surface area contributed by atoms with Crippen molar-refractivity contribution in [1.29, 1.82) is 0 Å². The summed E-state index contributed by atoms with van der Waals surface area (Å²) in [6.45, 7) is 6.64. The SMILES string of the molecule is CC[C@@H](Oc1ccc(C)cc1C)C(=O)NCCCc1ccc(Cl)cc1. The van der Waals surface area contributed by atoms with Crippen molar-refractivity contribution in [2.45, 2.75) is 46.1 Å². The molecule has 1 atom stereocenters. The molecule has 4 heteroatoms. The first kappa shape index (κ1) is 19.3. The summed E-state index contributed by atoms with van der Waals surface area (Å²) in [5, 5.41) is 3.72. The fourth-order valence-electron chi connectivity index (χ4n) is 2.68. The summed E-state index contributed by atoms with van der Waals surface area (Å²) in [6, 6.07) is 13.8. The van der Waals surface area contributed by atoms with Gasteiger partial charge in [0.15, 0.2) is 6.10 Å². The van der Waals surface area contributed by atoms with Crippen molar-refractivity contribution in [3.05, 3.63) is 64.2 Å². The zero-order valence-corrected chi connectivity index (χ0v) is 15.9. The molecule has 0 aromatic heterocycles. The van der Waals surface area contributed by atoms with Crippen molar-refractivity contribution in [3.63, 3.8) is 0 Å². The Morgan fingerprint density at radius 3 is 2.52 bits per heavy atom. The lowest BCUT2D eigenvalue weighted by molar-refractivity contribution is -0.128. The van der Waals surface area contributed by atoms with Crippen LogP contribution in [0.4, 0.5) is 0 Å². The van der Waals surface area contributed by atoms with E-state index in [9.17, 15) is 4.79 Å². The fourth-order valence-corrected chi connectivity index (χ4v) is 2.80. The average molecular weight is 360 g/mol. The lowest BCUT2D eigenvalue weighted by Gasteiger charge is -2.19. The van der Waals surface area contributed by atoms with Crippen LogP contribution in [0.25, 0.3) is 0 Å². The van der Waals surface area contributed by atoms with Crippen molar-refractivity contribution in [2.75, 3.05) is 6.54 Å². The third kappa shape index (κ3) is 6.09. The van der Waals surface area contributed by atoms with Crippen LogP contribution in [-0.2, 0) is 11.2 Å². The molecule has 0 bridgehead atoms. The molecule has 0 aliphatic heterocycles. The highest BCUT2D eigenvalue weighted by Crippen LogP contribution is 2.21. The van der Waals surface area contributed by atoms with Gasteiger partial charge in [-0.05, 0) is 62.4 Å². The van der Waals surface area contributed by atoms with Gasteiger partial charge in [0.05, 0.1) is 0 Å². The Morgan fingerprint density at radius 2 is 1.88 bits per heavy atom. The lowest BCUT2D eigenvalue weighted by Crippen LogP contribution is -2.38. The minimum absolute atomic E-state index is 0.0569. The molecule has 2 aromatic carbocycles. The van der Waals surface area contributed by atoms with Gasteiger partial charge in [-0.3, -0.25) is 4.79 Å². The number of ether oxygens (including phenoxy) is 1. The molecule has 1 N–H and O–H groups in total. The van der Waals surface area contributed by atoms with Crippen LogP contribution in [0.5, 0.6) is 5.75 Å². The summed E-state index contributed by atoms with van der Waals surface area (Å²) in [5.74, 6) is 0.715. The van der Waals surface area contributed by atoms with Crippen molar-refractivity contribution >= 4 is 17.5 Å². The first-order valence-corrected chi connectivity index (χ1v) is 9.13. The number of benzene rings is 2.